The van der Waals surface area contributed by atoms with E-state index in [1.54, 1.807) is 0 Å². The average Bonchev–Trinajstić information content (AvgIpc) is 3.15. The number of aliphatic hydroxyl groups excluding tert-OH is 2. The third-order valence-electron chi connectivity index (χ3n) is 10.8. The zero-order valence-corrected chi connectivity index (χ0v) is 35.7. The molecule has 3 atom stereocenters. The Kier molecular flexibility index (Phi) is 40.7. The number of ether oxygens (including phenoxy) is 1. The third-order valence-corrected chi connectivity index (χ3v) is 10.8. The predicted octanol–water partition coefficient (Wildman–Crippen LogP) is 13.4. The van der Waals surface area contributed by atoms with E-state index in [-0.39, 0.29) is 24.9 Å². The molecule has 0 aromatic rings. The van der Waals surface area contributed by atoms with Gasteiger partial charge in [0.1, 0.15) is 6.10 Å². The van der Waals surface area contributed by atoms with Crippen molar-refractivity contribution in [2.75, 3.05) is 6.61 Å². The lowest BCUT2D eigenvalue weighted by Gasteiger charge is -2.24. The highest BCUT2D eigenvalue weighted by molar-refractivity contribution is 5.77. The number of hydrogen-bond acceptors (Lipinski definition) is 5. The van der Waals surface area contributed by atoms with Crippen LogP contribution < -0.4 is 5.32 Å². The average molecular weight is 750 g/mol. The van der Waals surface area contributed by atoms with E-state index < -0.39 is 18.2 Å². The molecule has 0 rings (SSSR count). The van der Waals surface area contributed by atoms with E-state index in [0.29, 0.717) is 19.3 Å². The fourth-order valence-electron chi connectivity index (χ4n) is 7.25. The van der Waals surface area contributed by atoms with Crippen LogP contribution in [0.4, 0.5) is 0 Å². The zero-order chi connectivity index (χ0) is 38.9. The van der Waals surface area contributed by atoms with Crippen molar-refractivity contribution in [2.24, 2.45) is 0 Å². The molecule has 0 aliphatic heterocycles. The maximum atomic E-state index is 13.1. The highest BCUT2D eigenvalue weighted by Gasteiger charge is 2.24. The van der Waals surface area contributed by atoms with Crippen molar-refractivity contribution in [3.63, 3.8) is 0 Å². The maximum absolute atomic E-state index is 13.1. The first kappa shape index (κ1) is 51.6. The fraction of sp³-hybridized carbons (Fsp3) is 0.915. The maximum Gasteiger partial charge on any atom is 0.306 e. The molecule has 0 saturated carbocycles. The number of rotatable bonds is 42. The molecular weight excluding hydrogens is 659 g/mol. The van der Waals surface area contributed by atoms with Crippen molar-refractivity contribution in [1.29, 1.82) is 0 Å². The summed E-state index contributed by atoms with van der Waals surface area (Å²) in [5, 5.41) is 23.6. The molecule has 0 radical (unpaired) electrons. The number of hydrogen-bond donors (Lipinski definition) is 3. The van der Waals surface area contributed by atoms with Crippen LogP contribution in [-0.4, -0.2) is 46.9 Å². The van der Waals surface area contributed by atoms with Gasteiger partial charge in [0.15, 0.2) is 0 Å². The van der Waals surface area contributed by atoms with Crippen LogP contribution in [0.2, 0.25) is 0 Å². The van der Waals surface area contributed by atoms with Gasteiger partial charge in [0.05, 0.1) is 25.2 Å². The molecule has 53 heavy (non-hydrogen) atoms. The molecule has 314 valence electrons. The van der Waals surface area contributed by atoms with Crippen LogP contribution in [0.15, 0.2) is 12.2 Å². The Bertz CT molecular complexity index is 802. The lowest BCUT2D eigenvalue weighted by molar-refractivity contribution is -0.151. The highest BCUT2D eigenvalue weighted by Crippen LogP contribution is 2.18. The second kappa shape index (κ2) is 41.8. The van der Waals surface area contributed by atoms with Crippen LogP contribution in [0.25, 0.3) is 0 Å². The van der Waals surface area contributed by atoms with Gasteiger partial charge in [-0.3, -0.25) is 9.59 Å². The first-order chi connectivity index (χ1) is 26.0. The lowest BCUT2D eigenvalue weighted by atomic mass is 10.0. The topological polar surface area (TPSA) is 95.9 Å². The molecular formula is C47H91NO5. The van der Waals surface area contributed by atoms with Gasteiger partial charge in [-0.05, 0) is 51.4 Å². The van der Waals surface area contributed by atoms with E-state index in [9.17, 15) is 19.8 Å². The molecule has 0 aromatic heterocycles. The Morgan fingerprint density at radius 2 is 0.906 bits per heavy atom. The highest BCUT2D eigenvalue weighted by atomic mass is 16.5. The Balaban J connectivity index is 4.51. The number of aliphatic hydroxyl groups is 2. The van der Waals surface area contributed by atoms with Crippen molar-refractivity contribution in [2.45, 2.75) is 270 Å². The number of nitrogens with one attached hydrogen (secondary N) is 1. The predicted molar refractivity (Wildman–Crippen MR) is 227 cm³/mol. The van der Waals surface area contributed by atoms with Crippen LogP contribution in [0.1, 0.15) is 252 Å². The van der Waals surface area contributed by atoms with Crippen LogP contribution in [0.5, 0.6) is 0 Å². The standard InChI is InChI=1S/C47H91NO5/c1-4-7-10-13-16-19-21-22-23-24-25-28-31-34-37-40-47(52)53-43(38-35-32-29-27-20-17-14-11-8-5-2)41-46(51)48-44(42-49)45(50)39-36-33-30-26-18-15-12-9-6-3/h19,21,43-45,49-50H,4-18,20,22-42H2,1-3H3,(H,48,51)/b21-19-. The summed E-state index contributed by atoms with van der Waals surface area (Å²) in [7, 11) is 0. The van der Waals surface area contributed by atoms with Gasteiger partial charge in [0, 0.05) is 6.42 Å². The second-order valence-electron chi connectivity index (χ2n) is 16.2. The van der Waals surface area contributed by atoms with Crippen molar-refractivity contribution >= 4 is 11.9 Å². The van der Waals surface area contributed by atoms with E-state index >= 15 is 0 Å². The van der Waals surface area contributed by atoms with Gasteiger partial charge in [0.25, 0.3) is 0 Å². The summed E-state index contributed by atoms with van der Waals surface area (Å²) in [6.07, 6.45) is 44.1. The summed E-state index contributed by atoms with van der Waals surface area (Å²) in [6, 6.07) is -0.693. The lowest BCUT2D eigenvalue weighted by Crippen LogP contribution is -2.46. The Hall–Kier alpha value is -1.40. The smallest absolute Gasteiger partial charge is 0.306 e. The normalized spacial score (nSPS) is 13.4. The van der Waals surface area contributed by atoms with Gasteiger partial charge in [-0.1, -0.05) is 200 Å². The van der Waals surface area contributed by atoms with E-state index in [1.165, 1.54) is 161 Å². The van der Waals surface area contributed by atoms with E-state index in [4.69, 9.17) is 4.74 Å². The molecule has 1 amide bonds. The summed E-state index contributed by atoms with van der Waals surface area (Å²) in [4.78, 5) is 25.9. The number of amides is 1. The summed E-state index contributed by atoms with van der Waals surface area (Å²) in [5.41, 5.74) is 0. The minimum atomic E-state index is -0.779. The van der Waals surface area contributed by atoms with Crippen molar-refractivity contribution < 1.29 is 24.5 Å². The molecule has 0 aliphatic rings. The third kappa shape index (κ3) is 37.3. The van der Waals surface area contributed by atoms with Gasteiger partial charge >= 0.3 is 5.97 Å². The van der Waals surface area contributed by atoms with Crippen LogP contribution in [0.3, 0.4) is 0 Å². The molecule has 0 aliphatic carbocycles. The monoisotopic (exact) mass is 750 g/mol. The number of carbonyl (C=O) groups is 2. The molecule has 3 unspecified atom stereocenters. The summed E-state index contributed by atoms with van der Waals surface area (Å²) < 4.78 is 5.90. The summed E-state index contributed by atoms with van der Waals surface area (Å²) in [6.45, 7) is 6.44. The number of carbonyl (C=O) groups excluding carboxylic acids is 2. The van der Waals surface area contributed by atoms with Gasteiger partial charge in [-0.2, -0.15) is 0 Å². The molecule has 0 bridgehead atoms. The van der Waals surface area contributed by atoms with Crippen molar-refractivity contribution in [3.8, 4) is 0 Å². The molecule has 6 nitrogen and oxygen atoms in total. The van der Waals surface area contributed by atoms with Crippen molar-refractivity contribution in [3.05, 3.63) is 12.2 Å². The SMILES string of the molecule is CCCCCC/C=C\CCCCCCCCCC(=O)OC(CCCCCCCCCCCC)CC(=O)NC(CO)C(O)CCCCCCCCCCC. The Morgan fingerprint density at radius 3 is 1.36 bits per heavy atom. The number of allylic oxidation sites excluding steroid dienone is 2. The zero-order valence-electron chi connectivity index (χ0n) is 35.7. The number of esters is 1. The number of unbranched alkanes of at least 4 members (excludes halogenated alkanes) is 28. The van der Waals surface area contributed by atoms with Crippen LogP contribution in [0, 0.1) is 0 Å². The van der Waals surface area contributed by atoms with Gasteiger partial charge in [-0.15, -0.1) is 0 Å². The molecule has 0 spiro atoms. The van der Waals surface area contributed by atoms with Crippen LogP contribution >= 0.6 is 0 Å². The Morgan fingerprint density at radius 1 is 0.528 bits per heavy atom. The molecule has 6 heteroatoms. The first-order valence-electron chi connectivity index (χ1n) is 23.4. The molecule has 0 aromatic carbocycles. The van der Waals surface area contributed by atoms with Gasteiger partial charge in [0.2, 0.25) is 5.91 Å². The van der Waals surface area contributed by atoms with Crippen LogP contribution in [-0.2, 0) is 14.3 Å². The molecule has 3 N–H and O–H groups in total. The summed E-state index contributed by atoms with van der Waals surface area (Å²) in [5.74, 6) is -0.469. The van der Waals surface area contributed by atoms with Gasteiger partial charge in [-0.25, -0.2) is 0 Å². The largest absolute Gasteiger partial charge is 0.462 e. The van der Waals surface area contributed by atoms with E-state index in [2.05, 4.69) is 38.2 Å². The van der Waals surface area contributed by atoms with Crippen molar-refractivity contribution in [1.82, 2.24) is 5.32 Å². The molecule has 0 saturated heterocycles. The minimum absolute atomic E-state index is 0.0818. The Labute approximate surface area is 329 Å². The second-order valence-corrected chi connectivity index (χ2v) is 16.2. The van der Waals surface area contributed by atoms with Gasteiger partial charge < -0.3 is 20.3 Å². The van der Waals surface area contributed by atoms with E-state index in [1.807, 2.05) is 0 Å². The first-order valence-corrected chi connectivity index (χ1v) is 23.4. The minimum Gasteiger partial charge on any atom is -0.462 e. The fourth-order valence-corrected chi connectivity index (χ4v) is 7.25. The molecule has 0 fully saturated rings. The quantitative estimate of drug-likeness (QED) is 0.0328. The summed E-state index contributed by atoms with van der Waals surface area (Å²) >= 11 is 0. The molecule has 0 heterocycles. The van der Waals surface area contributed by atoms with E-state index in [0.717, 1.165) is 44.9 Å².